The average Bonchev–Trinajstić information content (AvgIpc) is 1.96. The standard InChI is InChI=1S/C8H9Cl.H3NO2S/c1-6-3-4-8(9)5-7(6)2;1-4(2)3/h3-5H,1-2H3;1H2,(H,2,3)/p-1. The van der Waals surface area contributed by atoms with Gasteiger partial charge < -0.3 is 4.55 Å². The second-order valence-corrected chi connectivity index (χ2v) is 3.45. The lowest BCUT2D eigenvalue weighted by Crippen LogP contribution is -1.97. The number of halogens is 1. The molecule has 0 spiro atoms. The van der Waals surface area contributed by atoms with Gasteiger partial charge in [-0.1, -0.05) is 17.7 Å². The van der Waals surface area contributed by atoms with Gasteiger partial charge in [0.2, 0.25) is 0 Å². The summed E-state index contributed by atoms with van der Waals surface area (Å²) in [6, 6.07) is 5.90. The summed E-state index contributed by atoms with van der Waals surface area (Å²) in [5, 5.41) is 4.85. The number of benzene rings is 1. The van der Waals surface area contributed by atoms with Crippen LogP contribution in [0.2, 0.25) is 5.02 Å². The van der Waals surface area contributed by atoms with Crippen LogP contribution in [0.5, 0.6) is 0 Å². The lowest BCUT2D eigenvalue weighted by atomic mass is 10.1. The van der Waals surface area contributed by atoms with E-state index in [4.69, 9.17) is 20.4 Å². The predicted octanol–water partition coefficient (Wildman–Crippen LogP) is 1.70. The fourth-order valence-corrected chi connectivity index (χ4v) is 0.931. The van der Waals surface area contributed by atoms with E-state index in [0.717, 1.165) is 5.02 Å². The Bertz CT molecular complexity index is 300. The zero-order valence-electron chi connectivity index (χ0n) is 7.41. The van der Waals surface area contributed by atoms with Crippen LogP contribution in [0.25, 0.3) is 0 Å². The molecule has 3 nitrogen and oxygen atoms in total. The Labute approximate surface area is 85.3 Å². The van der Waals surface area contributed by atoms with Crippen LogP contribution < -0.4 is 5.14 Å². The third-order valence-electron chi connectivity index (χ3n) is 1.47. The minimum atomic E-state index is -2.36. The highest BCUT2D eigenvalue weighted by Crippen LogP contribution is 2.13. The molecule has 2 N–H and O–H groups in total. The van der Waals surface area contributed by atoms with Crippen LogP contribution in [0.4, 0.5) is 0 Å². The molecular weight excluding hydrogens is 210 g/mol. The first-order chi connectivity index (χ1) is 5.93. The van der Waals surface area contributed by atoms with Gasteiger partial charge in [0, 0.05) is 16.3 Å². The molecule has 0 aliphatic heterocycles. The van der Waals surface area contributed by atoms with Crippen molar-refractivity contribution in [2.24, 2.45) is 5.14 Å². The predicted molar refractivity (Wildman–Crippen MR) is 54.0 cm³/mol. The highest BCUT2D eigenvalue weighted by Gasteiger charge is 1.90. The van der Waals surface area contributed by atoms with Gasteiger partial charge in [-0.05, 0) is 37.1 Å². The largest absolute Gasteiger partial charge is 0.760 e. The average molecular weight is 221 g/mol. The van der Waals surface area contributed by atoms with Crippen molar-refractivity contribution in [3.05, 3.63) is 34.3 Å². The van der Waals surface area contributed by atoms with Crippen molar-refractivity contribution in [3.8, 4) is 0 Å². The highest BCUT2D eigenvalue weighted by atomic mass is 35.5. The molecule has 0 heterocycles. The molecule has 1 atom stereocenters. The van der Waals surface area contributed by atoms with Gasteiger partial charge >= 0.3 is 0 Å². The van der Waals surface area contributed by atoms with Crippen LogP contribution in [0.1, 0.15) is 11.1 Å². The summed E-state index contributed by atoms with van der Waals surface area (Å²) < 4.78 is 17.6. The molecule has 0 fully saturated rings. The quantitative estimate of drug-likeness (QED) is 0.677. The number of hydrogen-bond acceptors (Lipinski definition) is 2. The molecule has 74 valence electrons. The van der Waals surface area contributed by atoms with E-state index < -0.39 is 11.3 Å². The highest BCUT2D eigenvalue weighted by molar-refractivity contribution is 7.76. The Morgan fingerprint density at radius 2 is 1.85 bits per heavy atom. The molecule has 1 unspecified atom stereocenters. The lowest BCUT2D eigenvalue weighted by Gasteiger charge is -1.97. The molecule has 1 aromatic rings. The molecule has 0 saturated carbocycles. The van der Waals surface area contributed by atoms with Gasteiger partial charge in [-0.2, -0.15) is 0 Å². The van der Waals surface area contributed by atoms with Gasteiger partial charge in [0.25, 0.3) is 0 Å². The number of hydrogen-bond donors (Lipinski definition) is 1. The van der Waals surface area contributed by atoms with Gasteiger partial charge in [0.05, 0.1) is 0 Å². The Balaban J connectivity index is 0.000000310. The van der Waals surface area contributed by atoms with Crippen molar-refractivity contribution in [1.82, 2.24) is 0 Å². The molecule has 0 aliphatic carbocycles. The molecule has 13 heavy (non-hydrogen) atoms. The van der Waals surface area contributed by atoms with E-state index in [1.54, 1.807) is 0 Å². The maximum atomic E-state index is 8.78. The normalized spacial score (nSPS) is 11.5. The molecule has 1 rings (SSSR count). The second-order valence-electron chi connectivity index (χ2n) is 2.49. The molecule has 0 aromatic heterocycles. The third-order valence-corrected chi connectivity index (χ3v) is 1.70. The minimum Gasteiger partial charge on any atom is -0.760 e. The van der Waals surface area contributed by atoms with E-state index in [1.165, 1.54) is 11.1 Å². The van der Waals surface area contributed by atoms with Crippen LogP contribution >= 0.6 is 11.6 Å². The molecule has 0 aliphatic rings. The van der Waals surface area contributed by atoms with Crippen molar-refractivity contribution in [3.63, 3.8) is 0 Å². The van der Waals surface area contributed by atoms with Crippen LogP contribution in [-0.2, 0) is 11.3 Å². The van der Waals surface area contributed by atoms with E-state index in [0.29, 0.717) is 0 Å². The monoisotopic (exact) mass is 220 g/mol. The van der Waals surface area contributed by atoms with Gasteiger partial charge in [-0.3, -0.25) is 9.35 Å². The van der Waals surface area contributed by atoms with Crippen molar-refractivity contribution >= 4 is 22.9 Å². The summed E-state index contributed by atoms with van der Waals surface area (Å²) in [5.74, 6) is 0. The molecule has 0 bridgehead atoms. The minimum absolute atomic E-state index is 0.818. The first-order valence-electron chi connectivity index (χ1n) is 3.50. The van der Waals surface area contributed by atoms with Crippen molar-refractivity contribution in [2.75, 3.05) is 0 Å². The van der Waals surface area contributed by atoms with Crippen molar-refractivity contribution in [1.29, 1.82) is 0 Å². The SMILES string of the molecule is Cc1ccc(Cl)cc1C.NS(=O)[O-]. The molecule has 5 heteroatoms. The Kier molecular flexibility index (Phi) is 5.90. The van der Waals surface area contributed by atoms with E-state index in [-0.39, 0.29) is 0 Å². The molecule has 0 radical (unpaired) electrons. The number of nitrogens with two attached hydrogens (primary N) is 1. The fraction of sp³-hybridized carbons (Fsp3) is 0.250. The van der Waals surface area contributed by atoms with E-state index in [9.17, 15) is 0 Å². The Morgan fingerprint density at radius 3 is 2.15 bits per heavy atom. The maximum absolute atomic E-state index is 8.78. The molecule has 0 amide bonds. The van der Waals surface area contributed by atoms with Gasteiger partial charge in [-0.15, -0.1) is 0 Å². The van der Waals surface area contributed by atoms with Crippen LogP contribution in [0.3, 0.4) is 0 Å². The molecule has 0 saturated heterocycles. The zero-order chi connectivity index (χ0) is 10.4. The summed E-state index contributed by atoms with van der Waals surface area (Å²) in [7, 11) is 0. The van der Waals surface area contributed by atoms with Gasteiger partial charge in [-0.25, -0.2) is 0 Å². The number of aryl methyl sites for hydroxylation is 2. The molecule has 1 aromatic carbocycles. The third kappa shape index (κ3) is 6.72. The smallest absolute Gasteiger partial charge is 0.0408 e. The Hall–Kier alpha value is -0.420. The maximum Gasteiger partial charge on any atom is 0.0408 e. The lowest BCUT2D eigenvalue weighted by molar-refractivity contribution is 0.539. The summed E-state index contributed by atoms with van der Waals surface area (Å²) in [6.45, 7) is 4.13. The molecular formula is C8H11ClNO2S-. The first kappa shape index (κ1) is 12.6. The van der Waals surface area contributed by atoms with Gasteiger partial charge in [0.1, 0.15) is 0 Å². The Morgan fingerprint density at radius 1 is 1.38 bits per heavy atom. The van der Waals surface area contributed by atoms with Crippen LogP contribution in [0, 0.1) is 13.8 Å². The van der Waals surface area contributed by atoms with Crippen LogP contribution in [-0.4, -0.2) is 8.76 Å². The summed E-state index contributed by atoms with van der Waals surface area (Å²) in [6.07, 6.45) is 0. The topological polar surface area (TPSA) is 66.2 Å². The second kappa shape index (κ2) is 6.10. The zero-order valence-corrected chi connectivity index (χ0v) is 8.98. The summed E-state index contributed by atoms with van der Waals surface area (Å²) in [4.78, 5) is 0. The van der Waals surface area contributed by atoms with E-state index in [2.05, 4.69) is 19.0 Å². The van der Waals surface area contributed by atoms with Crippen LogP contribution in [0.15, 0.2) is 18.2 Å². The summed E-state index contributed by atoms with van der Waals surface area (Å²) >= 11 is 3.36. The number of rotatable bonds is 0. The van der Waals surface area contributed by atoms with Crippen molar-refractivity contribution < 1.29 is 8.76 Å². The first-order valence-corrected chi connectivity index (χ1v) is 5.01. The van der Waals surface area contributed by atoms with E-state index in [1.807, 2.05) is 18.2 Å². The summed E-state index contributed by atoms with van der Waals surface area (Å²) in [5.41, 5.74) is 2.54. The van der Waals surface area contributed by atoms with Gasteiger partial charge in [0.15, 0.2) is 0 Å². The van der Waals surface area contributed by atoms with Crippen molar-refractivity contribution in [2.45, 2.75) is 13.8 Å². The fourth-order valence-electron chi connectivity index (χ4n) is 0.705. The van der Waals surface area contributed by atoms with E-state index >= 15 is 0 Å².